The van der Waals surface area contributed by atoms with Crippen LogP contribution >= 0.6 is 0 Å². The van der Waals surface area contributed by atoms with E-state index in [1.165, 1.54) is 19.2 Å². The molecule has 1 aromatic rings. The molecule has 2 heterocycles. The van der Waals surface area contributed by atoms with E-state index in [4.69, 9.17) is 10.3 Å². The van der Waals surface area contributed by atoms with Crippen molar-refractivity contribution in [1.29, 1.82) is 0 Å². The van der Waals surface area contributed by atoms with Gasteiger partial charge in [-0.1, -0.05) is 0 Å². The van der Waals surface area contributed by atoms with Gasteiger partial charge in [-0.25, -0.2) is 5.84 Å². The lowest BCUT2D eigenvalue weighted by molar-refractivity contribution is 0.0923. The molecule has 1 unspecified atom stereocenters. The van der Waals surface area contributed by atoms with Gasteiger partial charge in [0.25, 0.3) is 0 Å². The van der Waals surface area contributed by atoms with Crippen molar-refractivity contribution in [2.24, 2.45) is 11.8 Å². The van der Waals surface area contributed by atoms with Gasteiger partial charge < -0.3 is 14.2 Å². The highest BCUT2D eigenvalue weighted by molar-refractivity contribution is 5.92. The highest BCUT2D eigenvalue weighted by atomic mass is 16.3. The van der Waals surface area contributed by atoms with Gasteiger partial charge in [0.2, 0.25) is 0 Å². The van der Waals surface area contributed by atoms with Crippen LogP contribution < -0.4 is 11.3 Å². The molecule has 3 N–H and O–H groups in total. The van der Waals surface area contributed by atoms with Crippen LogP contribution in [-0.4, -0.2) is 49.4 Å². The number of amides is 1. The standard InChI is InChI=1S/C13H22N4O2/c1-16-5-3-10(7-16)8-17(2)9-11-4-6-19-12(11)13(18)15-14/h4,6,10H,3,5,7-9,14H2,1-2H3,(H,15,18). The summed E-state index contributed by atoms with van der Waals surface area (Å²) < 4.78 is 5.18. The maximum absolute atomic E-state index is 11.5. The van der Waals surface area contributed by atoms with Crippen molar-refractivity contribution in [2.45, 2.75) is 13.0 Å². The number of nitrogen functional groups attached to an aromatic ring is 1. The molecule has 19 heavy (non-hydrogen) atoms. The molecule has 0 aromatic carbocycles. The molecular formula is C13H22N4O2. The molecule has 0 saturated carbocycles. The monoisotopic (exact) mass is 266 g/mol. The number of hydrogen-bond donors (Lipinski definition) is 2. The van der Waals surface area contributed by atoms with Crippen LogP contribution in [0.4, 0.5) is 0 Å². The summed E-state index contributed by atoms with van der Waals surface area (Å²) in [5.74, 6) is 5.76. The van der Waals surface area contributed by atoms with Gasteiger partial charge in [-0.05, 0) is 39.0 Å². The van der Waals surface area contributed by atoms with Crippen molar-refractivity contribution < 1.29 is 9.21 Å². The number of nitrogens with zero attached hydrogens (tertiary/aromatic N) is 2. The van der Waals surface area contributed by atoms with E-state index in [0.717, 1.165) is 18.7 Å². The van der Waals surface area contributed by atoms with Crippen LogP contribution in [0.1, 0.15) is 22.5 Å². The third-order valence-electron chi connectivity index (χ3n) is 3.58. The fourth-order valence-corrected chi connectivity index (χ4v) is 2.70. The summed E-state index contributed by atoms with van der Waals surface area (Å²) in [6, 6.07) is 1.82. The fourth-order valence-electron chi connectivity index (χ4n) is 2.70. The average molecular weight is 266 g/mol. The van der Waals surface area contributed by atoms with Crippen LogP contribution in [0.15, 0.2) is 16.7 Å². The first-order valence-electron chi connectivity index (χ1n) is 6.54. The lowest BCUT2D eigenvalue weighted by atomic mass is 10.1. The average Bonchev–Trinajstić information content (AvgIpc) is 2.97. The van der Waals surface area contributed by atoms with Gasteiger partial charge in [-0.3, -0.25) is 10.2 Å². The van der Waals surface area contributed by atoms with Crippen LogP contribution in [0.5, 0.6) is 0 Å². The molecular weight excluding hydrogens is 244 g/mol. The zero-order valence-electron chi connectivity index (χ0n) is 11.6. The third-order valence-corrected chi connectivity index (χ3v) is 3.58. The number of hydrogen-bond acceptors (Lipinski definition) is 5. The Morgan fingerprint density at radius 2 is 2.47 bits per heavy atom. The molecule has 106 valence electrons. The summed E-state index contributed by atoms with van der Waals surface area (Å²) in [5, 5.41) is 0. The molecule has 0 aliphatic carbocycles. The predicted octanol–water partition coefficient (Wildman–Crippen LogP) is 0.267. The normalized spacial score (nSPS) is 20.1. The molecule has 0 spiro atoms. The summed E-state index contributed by atoms with van der Waals surface area (Å²) in [7, 11) is 4.22. The van der Waals surface area contributed by atoms with Crippen molar-refractivity contribution in [3.63, 3.8) is 0 Å². The summed E-state index contributed by atoms with van der Waals surface area (Å²) in [5.41, 5.74) is 2.97. The van der Waals surface area contributed by atoms with Gasteiger partial charge in [0.15, 0.2) is 5.76 Å². The van der Waals surface area contributed by atoms with Crippen molar-refractivity contribution >= 4 is 5.91 Å². The Kier molecular flexibility index (Phi) is 4.57. The maximum Gasteiger partial charge on any atom is 0.301 e. The van der Waals surface area contributed by atoms with Gasteiger partial charge in [0.05, 0.1) is 6.26 Å². The number of hydrazine groups is 1. The van der Waals surface area contributed by atoms with E-state index in [-0.39, 0.29) is 5.91 Å². The lowest BCUT2D eigenvalue weighted by Crippen LogP contribution is -2.31. The van der Waals surface area contributed by atoms with Crippen LogP contribution in [0, 0.1) is 5.92 Å². The molecule has 0 bridgehead atoms. The Morgan fingerprint density at radius 3 is 3.11 bits per heavy atom. The van der Waals surface area contributed by atoms with E-state index in [2.05, 4.69) is 29.3 Å². The van der Waals surface area contributed by atoms with Gasteiger partial charge >= 0.3 is 5.91 Å². The Hall–Kier alpha value is -1.37. The Morgan fingerprint density at radius 1 is 1.68 bits per heavy atom. The lowest BCUT2D eigenvalue weighted by Gasteiger charge is -2.20. The zero-order chi connectivity index (χ0) is 13.8. The molecule has 2 rings (SSSR count). The van der Waals surface area contributed by atoms with Gasteiger partial charge in [-0.15, -0.1) is 0 Å². The summed E-state index contributed by atoms with van der Waals surface area (Å²) in [6.07, 6.45) is 2.76. The van der Waals surface area contributed by atoms with Gasteiger partial charge in [0.1, 0.15) is 0 Å². The molecule has 6 nitrogen and oxygen atoms in total. The van der Waals surface area contributed by atoms with Crippen LogP contribution in [0.3, 0.4) is 0 Å². The molecule has 1 aliphatic heterocycles. The number of furan rings is 1. The first-order chi connectivity index (χ1) is 9.10. The highest BCUT2D eigenvalue weighted by Crippen LogP contribution is 2.18. The summed E-state index contributed by atoms with van der Waals surface area (Å²) in [4.78, 5) is 16.1. The van der Waals surface area contributed by atoms with Crippen molar-refractivity contribution in [1.82, 2.24) is 15.2 Å². The molecule has 0 radical (unpaired) electrons. The number of likely N-dealkylation sites (tertiary alicyclic amines) is 1. The first kappa shape index (κ1) is 14.0. The Labute approximate surface area is 113 Å². The summed E-state index contributed by atoms with van der Waals surface area (Å²) in [6.45, 7) is 4.04. The van der Waals surface area contributed by atoms with Gasteiger partial charge in [-0.2, -0.15) is 0 Å². The third kappa shape index (κ3) is 3.56. The fraction of sp³-hybridized carbons (Fsp3) is 0.615. The number of nitrogens with one attached hydrogen (secondary N) is 1. The SMILES string of the molecule is CN1CCC(CN(C)Cc2ccoc2C(=O)NN)C1. The van der Waals surface area contributed by atoms with Crippen molar-refractivity contribution in [2.75, 3.05) is 33.7 Å². The molecule has 1 atom stereocenters. The van der Waals surface area contributed by atoms with Crippen molar-refractivity contribution in [3.8, 4) is 0 Å². The molecule has 1 amide bonds. The number of nitrogens with two attached hydrogens (primary N) is 1. The van der Waals surface area contributed by atoms with Crippen molar-refractivity contribution in [3.05, 3.63) is 23.7 Å². The van der Waals surface area contributed by atoms with Gasteiger partial charge in [0, 0.05) is 25.2 Å². The minimum absolute atomic E-state index is 0.304. The topological polar surface area (TPSA) is 74.7 Å². The Bertz CT molecular complexity index is 432. The molecule has 1 aromatic heterocycles. The smallest absolute Gasteiger partial charge is 0.301 e. The second-order valence-corrected chi connectivity index (χ2v) is 5.36. The molecule has 6 heteroatoms. The number of carbonyl (C=O) groups is 1. The molecule has 1 saturated heterocycles. The van der Waals surface area contributed by atoms with E-state index in [9.17, 15) is 4.79 Å². The highest BCUT2D eigenvalue weighted by Gasteiger charge is 2.22. The van der Waals surface area contributed by atoms with E-state index < -0.39 is 0 Å². The van der Waals surface area contributed by atoms with Crippen LogP contribution in [0.25, 0.3) is 0 Å². The molecule has 1 fully saturated rings. The number of rotatable bonds is 5. The molecule has 1 aliphatic rings. The first-order valence-corrected chi connectivity index (χ1v) is 6.54. The van der Waals surface area contributed by atoms with E-state index in [1.54, 1.807) is 0 Å². The second kappa shape index (κ2) is 6.18. The second-order valence-electron chi connectivity index (χ2n) is 5.36. The summed E-state index contributed by atoms with van der Waals surface area (Å²) >= 11 is 0. The minimum atomic E-state index is -0.381. The Balaban J connectivity index is 1.90. The maximum atomic E-state index is 11.5. The van der Waals surface area contributed by atoms with E-state index in [1.807, 2.05) is 6.07 Å². The predicted molar refractivity (Wildman–Crippen MR) is 72.3 cm³/mol. The number of carbonyl (C=O) groups excluding carboxylic acids is 1. The zero-order valence-corrected chi connectivity index (χ0v) is 11.6. The largest absolute Gasteiger partial charge is 0.459 e. The van der Waals surface area contributed by atoms with E-state index >= 15 is 0 Å². The van der Waals surface area contributed by atoms with Crippen LogP contribution in [0.2, 0.25) is 0 Å². The quantitative estimate of drug-likeness (QED) is 0.454. The van der Waals surface area contributed by atoms with E-state index in [0.29, 0.717) is 18.2 Å². The van der Waals surface area contributed by atoms with Crippen LogP contribution in [-0.2, 0) is 6.54 Å². The minimum Gasteiger partial charge on any atom is -0.459 e.